The molecule has 9 rings (SSSR count). The molecule has 7 heteroatoms. The normalized spacial score (nSPS) is 12.6. The van der Waals surface area contributed by atoms with Crippen molar-refractivity contribution in [2.45, 2.75) is 87.0 Å². The number of nitrogens with zero attached hydrogens (tertiary/aromatic N) is 4. The molecule has 2 aliphatic heterocycles. The van der Waals surface area contributed by atoms with Crippen molar-refractivity contribution in [1.29, 1.82) is 0 Å². The number of benzene rings is 7. The molecule has 0 bridgehead atoms. The Morgan fingerprint density at radius 2 is 1.20 bits per heavy atom. The number of fused-ring (bicyclic) bond motifs is 3. The van der Waals surface area contributed by atoms with Gasteiger partial charge >= 0.3 is 21.1 Å². The minimum atomic E-state index is 0. The summed E-state index contributed by atoms with van der Waals surface area (Å²) >= 11 is 0. The number of aryl methyl sites for hydroxylation is 4. The fraction of sp³-hybridized carbons (Fsp3) is 0.254. The van der Waals surface area contributed by atoms with Crippen molar-refractivity contribution in [2.75, 3.05) is 34.1 Å². The first kappa shape index (κ1) is 48.2. The summed E-state index contributed by atoms with van der Waals surface area (Å²) in [7, 11) is 4.18. The Labute approximate surface area is 411 Å². The van der Waals surface area contributed by atoms with Gasteiger partial charge in [0.2, 0.25) is 6.71 Å². The van der Waals surface area contributed by atoms with Gasteiger partial charge < -0.3 is 25.3 Å². The number of para-hydroxylation sites is 5. The van der Waals surface area contributed by atoms with E-state index in [1.165, 1.54) is 77.8 Å². The Morgan fingerprint density at radius 1 is 0.652 bits per heavy atom. The molecule has 0 spiro atoms. The predicted molar refractivity (Wildman–Crippen MR) is 283 cm³/mol. The van der Waals surface area contributed by atoms with E-state index in [-0.39, 0.29) is 27.8 Å². The number of rotatable bonds is 10. The smallest absolute Gasteiger partial charge is 0.659 e. The van der Waals surface area contributed by atoms with Crippen LogP contribution in [0.5, 0.6) is 0 Å². The molecule has 0 fully saturated rings. The van der Waals surface area contributed by atoms with E-state index in [4.69, 9.17) is 5.32 Å². The summed E-state index contributed by atoms with van der Waals surface area (Å²) in [4.78, 5) is 6.57. The molecule has 0 saturated heterocycles. The zero-order chi connectivity index (χ0) is 46.1. The monoisotopic (exact) mass is 1050 g/mol. The largest absolute Gasteiger partial charge is 4.00 e. The number of hydrogen-bond donors (Lipinski definition) is 1. The fourth-order valence-corrected chi connectivity index (χ4v) is 9.77. The maximum Gasteiger partial charge on any atom is 4.00 e. The van der Waals surface area contributed by atoms with E-state index in [1.807, 2.05) is 6.67 Å². The molecular formula is C59H64BN5Pt. The van der Waals surface area contributed by atoms with Crippen molar-refractivity contribution < 1.29 is 21.1 Å². The summed E-state index contributed by atoms with van der Waals surface area (Å²) in [5, 5.41) is 8.46. The molecule has 0 atom stereocenters. The van der Waals surface area contributed by atoms with Gasteiger partial charge in [0.1, 0.15) is 0 Å². The molecule has 7 aromatic rings. The summed E-state index contributed by atoms with van der Waals surface area (Å²) in [6.07, 6.45) is 0. The van der Waals surface area contributed by atoms with Gasteiger partial charge in [-0.15, -0.1) is 46.5 Å². The van der Waals surface area contributed by atoms with Crippen LogP contribution in [0.2, 0.25) is 0 Å². The molecule has 0 saturated carbocycles. The summed E-state index contributed by atoms with van der Waals surface area (Å²) < 4.78 is 0. The van der Waals surface area contributed by atoms with Gasteiger partial charge in [-0.05, 0) is 106 Å². The van der Waals surface area contributed by atoms with Crippen LogP contribution in [0.15, 0.2) is 133 Å². The van der Waals surface area contributed by atoms with Crippen LogP contribution < -0.4 is 36.4 Å². The molecule has 2 heterocycles. The van der Waals surface area contributed by atoms with E-state index in [2.05, 4.69) is 250 Å². The maximum atomic E-state index is 4.86. The van der Waals surface area contributed by atoms with Crippen molar-refractivity contribution in [3.05, 3.63) is 197 Å². The Hall–Kier alpha value is -5.71. The Kier molecular flexibility index (Phi) is 14.9. The molecule has 1 N–H and O–H groups in total. The van der Waals surface area contributed by atoms with E-state index < -0.39 is 0 Å². The average Bonchev–Trinajstić information content (AvgIpc) is 3.63. The predicted octanol–water partition coefficient (Wildman–Crippen LogP) is 14.0. The minimum absolute atomic E-state index is 0. The molecule has 0 aliphatic carbocycles. The summed E-state index contributed by atoms with van der Waals surface area (Å²) in [5.74, 6) is 1.26. The zero-order valence-corrected chi connectivity index (χ0v) is 43.0. The third kappa shape index (κ3) is 9.86. The molecule has 66 heavy (non-hydrogen) atoms. The number of hydrogen-bond acceptors (Lipinski definition) is 4. The van der Waals surface area contributed by atoms with Crippen LogP contribution in [0.3, 0.4) is 0 Å². The van der Waals surface area contributed by atoms with Crippen LogP contribution in [0.25, 0.3) is 16.4 Å². The van der Waals surface area contributed by atoms with Crippen LogP contribution in [0, 0.1) is 47.1 Å². The second kappa shape index (κ2) is 20.4. The van der Waals surface area contributed by atoms with Gasteiger partial charge in [-0.1, -0.05) is 178 Å². The van der Waals surface area contributed by atoms with Crippen LogP contribution in [-0.2, 0) is 21.1 Å². The van der Waals surface area contributed by atoms with Crippen LogP contribution in [0.1, 0.15) is 98.2 Å². The Balaban J connectivity index is 0.000000227. The summed E-state index contributed by atoms with van der Waals surface area (Å²) in [5.41, 5.74) is 23.7. The molecule has 7 aromatic carbocycles. The molecule has 5 nitrogen and oxygen atoms in total. The third-order valence-corrected chi connectivity index (χ3v) is 13.0. The second-order valence-corrected chi connectivity index (χ2v) is 18.9. The number of nitrogens with one attached hydrogen (secondary N) is 1. The van der Waals surface area contributed by atoms with Gasteiger partial charge in [0, 0.05) is 17.1 Å². The van der Waals surface area contributed by atoms with Crippen molar-refractivity contribution in [2.24, 2.45) is 0 Å². The van der Waals surface area contributed by atoms with Crippen molar-refractivity contribution in [1.82, 2.24) is 0 Å². The molecule has 0 aromatic heterocycles. The SMILES string of the molecule is Cc1cc(C)c(B2c3ccccc3[N-]c3ccccc32)c(C)c1.Cc1ccccc1N(C)[CH-]Nc1[c-]c(N2[CH-]N(C)c3ccccc32)cc(-c2c(C(C)C)cc(C(C)C)cc2C(C)C)c1.[Pt+4]. The second-order valence-electron chi connectivity index (χ2n) is 18.9. The van der Waals surface area contributed by atoms with Gasteiger partial charge in [0.25, 0.3) is 0 Å². The van der Waals surface area contributed by atoms with Gasteiger partial charge in [-0.3, -0.25) is 0 Å². The van der Waals surface area contributed by atoms with Crippen molar-refractivity contribution in [3.63, 3.8) is 0 Å². The van der Waals surface area contributed by atoms with E-state index >= 15 is 0 Å². The van der Waals surface area contributed by atoms with Crippen LogP contribution in [0.4, 0.5) is 39.8 Å². The van der Waals surface area contributed by atoms with Gasteiger partial charge in [-0.25, -0.2) is 0 Å². The third-order valence-electron chi connectivity index (χ3n) is 13.0. The first-order valence-corrected chi connectivity index (χ1v) is 23.3. The van der Waals surface area contributed by atoms with E-state index in [1.54, 1.807) is 0 Å². The quantitative estimate of drug-likeness (QED) is 0.109. The molecule has 0 amide bonds. The minimum Gasteiger partial charge on any atom is -0.659 e. The summed E-state index contributed by atoms with van der Waals surface area (Å²) in [6, 6.07) is 51.8. The van der Waals surface area contributed by atoms with Crippen molar-refractivity contribution in [3.8, 4) is 11.1 Å². The van der Waals surface area contributed by atoms with Gasteiger partial charge in [0.05, 0.1) is 0 Å². The topological polar surface area (TPSA) is 35.9 Å². The van der Waals surface area contributed by atoms with Gasteiger partial charge in [-0.2, -0.15) is 13.3 Å². The Morgan fingerprint density at radius 3 is 1.77 bits per heavy atom. The summed E-state index contributed by atoms with van der Waals surface area (Å²) in [6.45, 7) is 27.0. The maximum absolute atomic E-state index is 4.86. The zero-order valence-electron chi connectivity index (χ0n) is 40.8. The fourth-order valence-electron chi connectivity index (χ4n) is 9.77. The molecule has 338 valence electrons. The van der Waals surface area contributed by atoms with E-state index in [0.29, 0.717) is 17.8 Å². The number of anilines is 5. The van der Waals surface area contributed by atoms with Crippen LogP contribution >= 0.6 is 0 Å². The first-order valence-electron chi connectivity index (χ1n) is 23.3. The molecule has 0 unspecified atom stereocenters. The Bertz CT molecular complexity index is 2730. The van der Waals surface area contributed by atoms with E-state index in [0.717, 1.165) is 28.4 Å². The molecule has 0 radical (unpaired) electrons. The molecular weight excluding hydrogens is 985 g/mol. The molecule has 2 aliphatic rings. The van der Waals surface area contributed by atoms with E-state index in [9.17, 15) is 0 Å². The standard InChI is InChI=1S/C38H45N4.C21H19BN.Pt/c1-25(2)29-20-33(26(3)4)38(34(21-29)27(5)6)30-18-31(39-23-40(8)35-15-11-10-14-28(35)7)22-32(19-30)42-24-41(9)36-16-12-13-17-37(36)42;1-14-12-15(2)21(16(3)13-14)22-17-8-4-6-10-19(17)23-20-11-7-5-9-18(20)22;/h10-21,23-27,39H,1-9H3;4-13H,1-3H3;/q-3;-1;+4. The average molecular weight is 1050 g/mol. The first-order chi connectivity index (χ1) is 31.2. The van der Waals surface area contributed by atoms with Crippen LogP contribution in [-0.4, -0.2) is 20.8 Å². The van der Waals surface area contributed by atoms with Gasteiger partial charge in [0.15, 0.2) is 0 Å². The van der Waals surface area contributed by atoms with Crippen molar-refractivity contribution >= 4 is 62.9 Å².